The number of nitrogens with one attached hydrogen (secondary N) is 2. The second-order valence-electron chi connectivity index (χ2n) is 6.28. The van der Waals surface area contributed by atoms with Crippen LogP contribution in [0.3, 0.4) is 0 Å². The van der Waals surface area contributed by atoms with Crippen molar-refractivity contribution in [1.29, 1.82) is 0 Å². The van der Waals surface area contributed by atoms with E-state index in [0.29, 0.717) is 5.16 Å². The molecule has 1 aromatic heterocycles. The van der Waals surface area contributed by atoms with Crippen molar-refractivity contribution in [2.45, 2.75) is 50.4 Å². The first kappa shape index (κ1) is 16.5. The Morgan fingerprint density at radius 1 is 1.27 bits per heavy atom. The fourth-order valence-electron chi connectivity index (χ4n) is 1.88. The van der Waals surface area contributed by atoms with Gasteiger partial charge >= 0.3 is 0 Å². The lowest BCUT2D eigenvalue weighted by molar-refractivity contribution is -0.115. The van der Waals surface area contributed by atoms with Crippen molar-refractivity contribution in [2.75, 3.05) is 5.32 Å². The van der Waals surface area contributed by atoms with Gasteiger partial charge in [-0.3, -0.25) is 9.89 Å². The number of anilines is 1. The number of hydrogen-bond acceptors (Lipinski definition) is 4. The number of aromatic amines is 1. The summed E-state index contributed by atoms with van der Waals surface area (Å²) in [6.45, 7) is 10.2. The number of carbonyl (C=O) groups excluding carboxylic acids is 1. The summed E-state index contributed by atoms with van der Waals surface area (Å²) in [4.78, 5) is 16.4. The average molecular weight is 318 g/mol. The summed E-state index contributed by atoms with van der Waals surface area (Å²) >= 11 is 1.33. The molecule has 0 aliphatic carbocycles. The highest BCUT2D eigenvalue weighted by Crippen LogP contribution is 2.24. The zero-order valence-corrected chi connectivity index (χ0v) is 14.4. The Kier molecular flexibility index (Phi) is 4.90. The van der Waals surface area contributed by atoms with E-state index < -0.39 is 0 Å². The number of benzene rings is 1. The molecule has 6 heteroatoms. The van der Waals surface area contributed by atoms with Crippen LogP contribution in [0.1, 0.15) is 39.1 Å². The molecule has 118 valence electrons. The van der Waals surface area contributed by atoms with E-state index in [2.05, 4.69) is 41.3 Å². The second-order valence-corrected chi connectivity index (χ2v) is 7.59. The molecule has 0 aliphatic rings. The van der Waals surface area contributed by atoms with Gasteiger partial charge in [0.1, 0.15) is 5.82 Å². The van der Waals surface area contributed by atoms with Crippen molar-refractivity contribution >= 4 is 23.4 Å². The van der Waals surface area contributed by atoms with Gasteiger partial charge < -0.3 is 5.32 Å². The number of rotatable bonds is 4. The monoisotopic (exact) mass is 318 g/mol. The van der Waals surface area contributed by atoms with Crippen LogP contribution in [0.4, 0.5) is 5.69 Å². The molecule has 0 saturated carbocycles. The molecule has 1 aromatic carbocycles. The summed E-state index contributed by atoms with van der Waals surface area (Å²) in [7, 11) is 0. The summed E-state index contributed by atoms with van der Waals surface area (Å²) < 4.78 is 0. The highest BCUT2D eigenvalue weighted by Gasteiger charge is 2.17. The molecule has 2 N–H and O–H groups in total. The zero-order chi connectivity index (χ0) is 16.3. The van der Waals surface area contributed by atoms with E-state index in [0.717, 1.165) is 11.5 Å². The molecule has 5 nitrogen and oxygen atoms in total. The molecule has 2 rings (SSSR count). The van der Waals surface area contributed by atoms with Crippen LogP contribution < -0.4 is 5.32 Å². The third-order valence-electron chi connectivity index (χ3n) is 3.25. The Labute approximate surface area is 135 Å². The van der Waals surface area contributed by atoms with E-state index in [4.69, 9.17) is 0 Å². The Morgan fingerprint density at radius 3 is 2.41 bits per heavy atom. The average Bonchev–Trinajstić information content (AvgIpc) is 2.83. The number of thioether (sulfide) groups is 1. The molecular formula is C16H22N4OS. The lowest BCUT2D eigenvalue weighted by Crippen LogP contribution is -2.22. The minimum Gasteiger partial charge on any atom is -0.325 e. The van der Waals surface area contributed by atoms with Crippen LogP contribution >= 0.6 is 11.8 Å². The lowest BCUT2D eigenvalue weighted by Gasteiger charge is -2.19. The van der Waals surface area contributed by atoms with Gasteiger partial charge in [-0.2, -0.15) is 0 Å². The summed E-state index contributed by atoms with van der Waals surface area (Å²) in [5, 5.41) is 10.0. The van der Waals surface area contributed by atoms with Gasteiger partial charge in [0, 0.05) is 5.69 Å². The van der Waals surface area contributed by atoms with Crippen LogP contribution in [0.2, 0.25) is 0 Å². The molecule has 0 aliphatic heterocycles. The molecule has 1 amide bonds. The molecule has 2 aromatic rings. The standard InChI is InChI=1S/C16H22N4OS/c1-10(22-15-17-11(2)19-20-15)14(21)18-13-8-6-12(7-9-13)16(3,4)5/h6-10H,1-5H3,(H,18,21)(H,17,19,20). The van der Waals surface area contributed by atoms with Gasteiger partial charge in [0.15, 0.2) is 0 Å². The highest BCUT2D eigenvalue weighted by molar-refractivity contribution is 8.00. The molecule has 1 atom stereocenters. The molecule has 0 spiro atoms. The normalized spacial score (nSPS) is 13.0. The van der Waals surface area contributed by atoms with Crippen LogP contribution in [-0.2, 0) is 10.2 Å². The van der Waals surface area contributed by atoms with Crippen molar-refractivity contribution in [3.8, 4) is 0 Å². The Morgan fingerprint density at radius 2 is 1.91 bits per heavy atom. The summed E-state index contributed by atoms with van der Waals surface area (Å²) in [5.74, 6) is 0.684. The number of aryl methyl sites for hydroxylation is 1. The van der Waals surface area contributed by atoms with Gasteiger partial charge in [-0.05, 0) is 37.0 Å². The molecule has 0 radical (unpaired) electrons. The quantitative estimate of drug-likeness (QED) is 0.846. The van der Waals surface area contributed by atoms with E-state index >= 15 is 0 Å². The fourth-order valence-corrected chi connectivity index (χ4v) is 2.65. The van der Waals surface area contributed by atoms with Gasteiger partial charge in [0.05, 0.1) is 5.25 Å². The lowest BCUT2D eigenvalue weighted by atomic mass is 9.87. The van der Waals surface area contributed by atoms with E-state index in [1.165, 1.54) is 17.3 Å². The van der Waals surface area contributed by atoms with Crippen LogP contribution in [0, 0.1) is 6.92 Å². The molecule has 0 bridgehead atoms. The van der Waals surface area contributed by atoms with Crippen molar-refractivity contribution in [1.82, 2.24) is 15.2 Å². The van der Waals surface area contributed by atoms with Gasteiger partial charge in [-0.25, -0.2) is 4.98 Å². The molecular weight excluding hydrogens is 296 g/mol. The summed E-state index contributed by atoms with van der Waals surface area (Å²) in [6.07, 6.45) is 0. The summed E-state index contributed by atoms with van der Waals surface area (Å²) in [5.41, 5.74) is 2.15. The van der Waals surface area contributed by atoms with Crippen LogP contribution in [-0.4, -0.2) is 26.3 Å². The van der Waals surface area contributed by atoms with E-state index in [-0.39, 0.29) is 16.6 Å². The SMILES string of the molecule is Cc1nc(SC(C)C(=O)Nc2ccc(C(C)(C)C)cc2)n[nH]1. The first-order valence-electron chi connectivity index (χ1n) is 7.23. The topological polar surface area (TPSA) is 70.7 Å². The molecule has 0 fully saturated rings. The maximum Gasteiger partial charge on any atom is 0.237 e. The van der Waals surface area contributed by atoms with E-state index in [9.17, 15) is 4.79 Å². The maximum absolute atomic E-state index is 12.2. The van der Waals surface area contributed by atoms with Crippen molar-refractivity contribution in [3.63, 3.8) is 0 Å². The molecule has 22 heavy (non-hydrogen) atoms. The minimum absolute atomic E-state index is 0.0593. The van der Waals surface area contributed by atoms with Crippen molar-refractivity contribution < 1.29 is 4.79 Å². The Balaban J connectivity index is 1.96. The smallest absolute Gasteiger partial charge is 0.237 e. The number of nitrogens with zero attached hydrogens (tertiary/aromatic N) is 2. The predicted molar refractivity (Wildman–Crippen MR) is 90.2 cm³/mol. The van der Waals surface area contributed by atoms with Gasteiger partial charge in [-0.1, -0.05) is 44.7 Å². The number of hydrogen-bond donors (Lipinski definition) is 2. The molecule has 0 saturated heterocycles. The molecule has 1 unspecified atom stereocenters. The number of H-pyrrole nitrogens is 1. The zero-order valence-electron chi connectivity index (χ0n) is 13.6. The largest absolute Gasteiger partial charge is 0.325 e. The van der Waals surface area contributed by atoms with Gasteiger partial charge in [-0.15, -0.1) is 5.10 Å². The maximum atomic E-state index is 12.2. The van der Waals surface area contributed by atoms with Crippen molar-refractivity contribution in [2.24, 2.45) is 0 Å². The van der Waals surface area contributed by atoms with Crippen LogP contribution in [0.5, 0.6) is 0 Å². The van der Waals surface area contributed by atoms with Gasteiger partial charge in [0.25, 0.3) is 0 Å². The predicted octanol–water partition coefficient (Wildman–Crippen LogP) is 3.53. The van der Waals surface area contributed by atoms with Crippen LogP contribution in [0.25, 0.3) is 0 Å². The number of amides is 1. The second kappa shape index (κ2) is 6.52. The Bertz CT molecular complexity index is 643. The van der Waals surface area contributed by atoms with Crippen molar-refractivity contribution in [3.05, 3.63) is 35.7 Å². The fraction of sp³-hybridized carbons (Fsp3) is 0.438. The third-order valence-corrected chi connectivity index (χ3v) is 4.21. The third kappa shape index (κ3) is 4.34. The first-order valence-corrected chi connectivity index (χ1v) is 8.11. The Hall–Kier alpha value is -1.82. The van der Waals surface area contributed by atoms with Gasteiger partial charge in [0.2, 0.25) is 11.1 Å². The number of carbonyl (C=O) groups is 1. The highest BCUT2D eigenvalue weighted by atomic mass is 32.2. The van der Waals surface area contributed by atoms with E-state index in [1.54, 1.807) is 0 Å². The first-order chi connectivity index (χ1) is 10.3. The van der Waals surface area contributed by atoms with E-state index in [1.807, 2.05) is 38.1 Å². The van der Waals surface area contributed by atoms with Crippen LogP contribution in [0.15, 0.2) is 29.4 Å². The summed E-state index contributed by atoms with van der Waals surface area (Å²) in [6, 6.07) is 7.97. The molecule has 1 heterocycles. The minimum atomic E-state index is -0.266. The number of aromatic nitrogens is 3.